The molecule has 2 atom stereocenters. The van der Waals surface area contributed by atoms with Crippen LogP contribution in [-0.4, -0.2) is 44.9 Å². The van der Waals surface area contributed by atoms with Gasteiger partial charge in [-0.2, -0.15) is 0 Å². The van der Waals surface area contributed by atoms with E-state index in [0.717, 1.165) is 89.0 Å². The normalized spacial score (nSPS) is 19.4. The molecule has 0 spiro atoms. The van der Waals surface area contributed by atoms with Gasteiger partial charge in [-0.05, 0) is 222 Å². The zero-order valence-electron chi connectivity index (χ0n) is 72.5. The number of aryl methyl sites for hydroxylation is 8. The van der Waals surface area contributed by atoms with Gasteiger partial charge in [-0.15, -0.1) is 0 Å². The van der Waals surface area contributed by atoms with E-state index in [1.165, 1.54) is 111 Å². The summed E-state index contributed by atoms with van der Waals surface area (Å²) in [7, 11) is 0. The van der Waals surface area contributed by atoms with Crippen LogP contribution >= 0.6 is 0 Å². The molecule has 0 N–H and O–H groups in total. The van der Waals surface area contributed by atoms with Gasteiger partial charge < -0.3 is 0 Å². The van der Waals surface area contributed by atoms with E-state index in [2.05, 4.69) is 389 Å². The van der Waals surface area contributed by atoms with Gasteiger partial charge in [-0.3, -0.25) is 0 Å². The number of nitrogens with zero attached hydrogens (tertiary/aromatic N) is 9. The van der Waals surface area contributed by atoms with E-state index in [-0.39, 0.29) is 11.8 Å². The Kier molecular flexibility index (Phi) is 17.2. The third kappa shape index (κ3) is 11.0. The van der Waals surface area contributed by atoms with Gasteiger partial charge in [-0.25, -0.2) is 44.9 Å². The fourth-order valence-corrected chi connectivity index (χ4v) is 22.4. The molecule has 3 aromatic heterocycles. The van der Waals surface area contributed by atoms with Crippen LogP contribution in [0.4, 0.5) is 0 Å². The summed E-state index contributed by atoms with van der Waals surface area (Å²) in [5, 5.41) is 0. The van der Waals surface area contributed by atoms with Crippen LogP contribution in [0, 0.1) is 55.4 Å². The molecule has 608 valence electrons. The molecule has 0 amide bonds. The highest BCUT2D eigenvalue weighted by atomic mass is 15.1. The first-order valence-electron chi connectivity index (χ1n) is 44.4. The Morgan fingerprint density at radius 3 is 0.820 bits per heavy atom. The number of aromatic nitrogens is 9. The second-order valence-corrected chi connectivity index (χ2v) is 35.8. The van der Waals surface area contributed by atoms with Crippen molar-refractivity contribution in [2.75, 3.05) is 0 Å². The van der Waals surface area contributed by atoms with E-state index >= 15 is 0 Å². The number of benzene rings is 15. The fourth-order valence-electron chi connectivity index (χ4n) is 22.4. The molecule has 0 saturated heterocycles. The van der Waals surface area contributed by atoms with Gasteiger partial charge in [0.2, 0.25) is 0 Å². The Morgan fingerprint density at radius 1 is 0.211 bits per heavy atom. The number of fused-ring (bicyclic) bond motifs is 3. The van der Waals surface area contributed by atoms with Crippen molar-refractivity contribution < 1.29 is 0 Å². The van der Waals surface area contributed by atoms with Crippen molar-refractivity contribution in [1.29, 1.82) is 0 Å². The third-order valence-corrected chi connectivity index (χ3v) is 29.1. The molecule has 26 rings (SSSR count). The van der Waals surface area contributed by atoms with Crippen LogP contribution in [0.15, 0.2) is 370 Å². The zero-order chi connectivity index (χ0) is 86.2. The van der Waals surface area contributed by atoms with Crippen molar-refractivity contribution in [3.8, 4) is 90.6 Å². The maximum Gasteiger partial charge on any atom is 0.163 e. The summed E-state index contributed by atoms with van der Waals surface area (Å²) in [5.74, 6) is 5.55. The molecule has 2 unspecified atom stereocenters. The highest BCUT2D eigenvalue weighted by Gasteiger charge is 2.62. The smallest absolute Gasteiger partial charge is 0.163 e. The summed E-state index contributed by atoms with van der Waals surface area (Å²) in [6.45, 7) is 22.8. The highest BCUT2D eigenvalue weighted by molar-refractivity contribution is 5.85. The summed E-state index contributed by atoms with van der Waals surface area (Å²) in [6.07, 6.45) is 8.72. The molecule has 18 aromatic rings. The lowest BCUT2D eigenvalue weighted by molar-refractivity contribution is 0.535. The maximum absolute atomic E-state index is 5.90. The molecular formula is C119H87N9. The first-order chi connectivity index (χ1) is 62.6. The average Bonchev–Trinajstić information content (AvgIpc) is 0.658. The molecule has 0 aliphatic heterocycles. The van der Waals surface area contributed by atoms with Gasteiger partial charge >= 0.3 is 0 Å². The Balaban J connectivity index is 0.621. The van der Waals surface area contributed by atoms with Crippen molar-refractivity contribution in [2.45, 2.75) is 88.9 Å². The van der Waals surface area contributed by atoms with E-state index in [9.17, 15) is 0 Å². The van der Waals surface area contributed by atoms with E-state index in [0.29, 0.717) is 52.4 Å². The molecule has 3 heterocycles. The standard InChI is InChI=1S/C119H87N9/c1-69-61-91-89-36-20-19-29-77(9)116(102(91)65-73(69)5,95-38-22-21-37-90(89)95)113-123-107(82-30-13-10-14-31-82)120-109(124-113)84-53-45-78(46-54-84)80-49-57-86(58-50-80)111-122-112(128-115(127-111)119-103-66-74(6)70(2)62-92(103)106(93-63-71(3)75(7)67-104(93)119)94-64-72(4)76(8)68-105(94)119)87-59-51-81(52-60-87)79-47-55-85(56-48-79)110-121-108(83-32-15-11-16-33-83)125-114(126-110)118-99-42-26-23-39-96(99)117(88-34-17-12-18-35-88,97-40-24-27-43-100(97)118)98-41-25-28-44-101(98)118/h10-68,89,106H,9H2,1-8H3/b29-19-,36-20-. The fraction of sp³-hybridized carbons (Fsp3) is 0.118. The SMILES string of the molecule is C=C1/C=C\C=C/C2c3ccccc3C1(c1nc(-c3ccccc3)nc(-c3ccc(-c4ccc(-c5nc(-c6ccc(-c7ccc(-c8nc(-c9ccccc9)nc(C9%10c%11ccccc%11C(c%11ccccc%11)(c%11ccccc%119)c9ccccc9%10)n8)cc7)cc6)nc(C67c8cc(C)c(C)cc8C(c8cc(C)c(C)cc86)c6cc(C)c(C)cc67)n5)cc4)cc3)n1)c1cc(C)c(C)cc12. The summed E-state index contributed by atoms with van der Waals surface area (Å²) < 4.78 is 0. The van der Waals surface area contributed by atoms with Gasteiger partial charge in [0.05, 0.1) is 5.41 Å². The van der Waals surface area contributed by atoms with Crippen LogP contribution in [0.2, 0.25) is 0 Å². The quantitative estimate of drug-likeness (QED) is 0.118. The molecule has 9 heteroatoms. The number of hydrogen-bond acceptors (Lipinski definition) is 9. The Hall–Kier alpha value is -15.5. The summed E-state index contributed by atoms with van der Waals surface area (Å²) in [6, 6.07) is 121. The molecule has 0 saturated carbocycles. The lowest BCUT2D eigenvalue weighted by Gasteiger charge is -2.56. The van der Waals surface area contributed by atoms with Gasteiger partial charge in [0, 0.05) is 45.2 Å². The summed E-state index contributed by atoms with van der Waals surface area (Å²) in [4.78, 5) is 50.7. The summed E-state index contributed by atoms with van der Waals surface area (Å²) in [5.41, 5.74) is 37.4. The summed E-state index contributed by atoms with van der Waals surface area (Å²) >= 11 is 0. The van der Waals surface area contributed by atoms with Crippen LogP contribution in [0.1, 0.15) is 168 Å². The van der Waals surface area contributed by atoms with E-state index < -0.39 is 21.7 Å². The van der Waals surface area contributed by atoms with Gasteiger partial charge in [0.15, 0.2) is 52.4 Å². The molecule has 8 aliphatic rings. The highest BCUT2D eigenvalue weighted by Crippen LogP contribution is 2.67. The lowest BCUT2D eigenvalue weighted by atomic mass is 9.45. The number of hydrogen-bond donors (Lipinski definition) is 0. The van der Waals surface area contributed by atoms with Gasteiger partial charge in [0.1, 0.15) is 16.2 Å². The van der Waals surface area contributed by atoms with Crippen molar-refractivity contribution in [1.82, 2.24) is 44.9 Å². The van der Waals surface area contributed by atoms with Gasteiger partial charge in [0.25, 0.3) is 0 Å². The molecular weight excluding hydrogens is 1560 g/mol. The monoisotopic (exact) mass is 1640 g/mol. The van der Waals surface area contributed by atoms with E-state index in [1.54, 1.807) is 0 Å². The average molecular weight is 1640 g/mol. The molecule has 0 radical (unpaired) electrons. The van der Waals surface area contributed by atoms with Crippen LogP contribution in [0.3, 0.4) is 0 Å². The minimum absolute atomic E-state index is 0.0256. The van der Waals surface area contributed by atoms with Crippen molar-refractivity contribution >= 4 is 0 Å². The Labute approximate surface area is 746 Å². The van der Waals surface area contributed by atoms with Crippen molar-refractivity contribution in [3.63, 3.8) is 0 Å². The molecule has 0 fully saturated rings. The largest absolute Gasteiger partial charge is 0.211 e. The number of rotatable bonds is 12. The van der Waals surface area contributed by atoms with E-state index in [4.69, 9.17) is 51.4 Å². The first-order valence-corrected chi connectivity index (χ1v) is 44.4. The second kappa shape index (κ2) is 28.8. The minimum atomic E-state index is -0.945. The second-order valence-electron chi connectivity index (χ2n) is 35.8. The van der Waals surface area contributed by atoms with Crippen LogP contribution in [0.5, 0.6) is 0 Å². The third-order valence-electron chi connectivity index (χ3n) is 29.1. The lowest BCUT2D eigenvalue weighted by Crippen LogP contribution is -2.52. The number of allylic oxidation sites excluding steroid dienone is 5. The van der Waals surface area contributed by atoms with Crippen LogP contribution < -0.4 is 0 Å². The Bertz CT molecular complexity index is 7520. The zero-order valence-corrected chi connectivity index (χ0v) is 72.5. The van der Waals surface area contributed by atoms with Crippen molar-refractivity contribution in [2.24, 2.45) is 0 Å². The molecule has 9 nitrogen and oxygen atoms in total. The minimum Gasteiger partial charge on any atom is -0.211 e. The molecule has 15 aromatic carbocycles. The van der Waals surface area contributed by atoms with Crippen LogP contribution in [0.25, 0.3) is 90.6 Å². The van der Waals surface area contributed by atoms with E-state index in [1.807, 2.05) is 24.3 Å². The maximum atomic E-state index is 5.90. The van der Waals surface area contributed by atoms with Crippen molar-refractivity contribution in [3.05, 3.63) is 527 Å². The topological polar surface area (TPSA) is 116 Å². The molecule has 128 heavy (non-hydrogen) atoms. The van der Waals surface area contributed by atoms with Crippen LogP contribution in [-0.2, 0) is 21.7 Å². The Morgan fingerprint density at radius 2 is 0.469 bits per heavy atom. The first kappa shape index (κ1) is 76.2. The molecule has 8 aliphatic carbocycles. The predicted molar refractivity (Wildman–Crippen MR) is 513 cm³/mol. The molecule has 6 bridgehead atoms. The predicted octanol–water partition coefficient (Wildman–Crippen LogP) is 26.1. The van der Waals surface area contributed by atoms with Gasteiger partial charge in [-0.1, -0.05) is 365 Å².